The second kappa shape index (κ2) is 7.76. The van der Waals surface area contributed by atoms with Gasteiger partial charge in [0.05, 0.1) is 5.69 Å². The summed E-state index contributed by atoms with van der Waals surface area (Å²) in [4.78, 5) is 17.9. The number of para-hydroxylation sites is 1. The van der Waals surface area contributed by atoms with Crippen LogP contribution in [0.3, 0.4) is 0 Å². The number of benzene rings is 2. The van der Waals surface area contributed by atoms with Crippen LogP contribution in [0.5, 0.6) is 0 Å². The Hall–Kier alpha value is -2.37. The summed E-state index contributed by atoms with van der Waals surface area (Å²) >= 11 is 0. The Labute approximate surface area is 136 Å². The number of likely N-dealkylation sites (N-methyl/N-ethyl adjacent to an activating group) is 1. The fourth-order valence-electron chi connectivity index (χ4n) is 2.26. The predicted molar refractivity (Wildman–Crippen MR) is 88.6 cm³/mol. The van der Waals surface area contributed by atoms with Crippen LogP contribution in [0.2, 0.25) is 0 Å². The molecule has 0 saturated carbocycles. The topological polar surface area (TPSA) is 59.6 Å². The van der Waals surface area contributed by atoms with Gasteiger partial charge in [0.15, 0.2) is 5.60 Å². The zero-order chi connectivity index (χ0) is 16.7. The lowest BCUT2D eigenvalue weighted by molar-refractivity contribution is -0.151. The lowest BCUT2D eigenvalue weighted by Crippen LogP contribution is -2.48. The molecule has 1 amide bonds. The Morgan fingerprint density at radius 2 is 1.78 bits per heavy atom. The molecule has 2 rings (SSSR count). The number of anilines is 1. The van der Waals surface area contributed by atoms with Gasteiger partial charge in [-0.05, 0) is 17.2 Å². The molecule has 5 nitrogen and oxygen atoms in total. The first-order chi connectivity index (χ1) is 11.1. The SMILES string of the molecule is [CH]c1ccccc1NOCC(OC)(C(=O)NC)c1ccccc1. The van der Waals surface area contributed by atoms with E-state index in [4.69, 9.17) is 16.5 Å². The van der Waals surface area contributed by atoms with Crippen molar-refractivity contribution < 1.29 is 14.4 Å². The molecule has 2 aromatic carbocycles. The van der Waals surface area contributed by atoms with Crippen molar-refractivity contribution in [2.24, 2.45) is 0 Å². The molecule has 0 fully saturated rings. The summed E-state index contributed by atoms with van der Waals surface area (Å²) in [7, 11) is 3.03. The first-order valence-corrected chi connectivity index (χ1v) is 7.19. The lowest BCUT2D eigenvalue weighted by Gasteiger charge is -2.30. The molecule has 0 aliphatic carbocycles. The maximum absolute atomic E-state index is 12.4. The molecular weight excluding hydrogens is 292 g/mol. The van der Waals surface area contributed by atoms with E-state index in [1.54, 1.807) is 19.2 Å². The summed E-state index contributed by atoms with van der Waals surface area (Å²) in [6.45, 7) is 5.82. The smallest absolute Gasteiger partial charge is 0.259 e. The number of nitrogens with one attached hydrogen (secondary N) is 2. The molecule has 0 heterocycles. The fraction of sp³-hybridized carbons (Fsp3) is 0.222. The summed E-state index contributed by atoms with van der Waals surface area (Å²) in [6, 6.07) is 16.4. The third-order valence-corrected chi connectivity index (χ3v) is 3.60. The molecule has 120 valence electrons. The maximum Gasteiger partial charge on any atom is 0.259 e. The van der Waals surface area contributed by atoms with Crippen molar-refractivity contribution in [1.82, 2.24) is 5.32 Å². The van der Waals surface area contributed by atoms with Crippen LogP contribution in [-0.2, 0) is 20.0 Å². The van der Waals surface area contributed by atoms with Crippen LogP contribution >= 0.6 is 0 Å². The van der Waals surface area contributed by atoms with E-state index in [9.17, 15) is 4.79 Å². The average Bonchev–Trinajstić information content (AvgIpc) is 2.60. The van der Waals surface area contributed by atoms with Gasteiger partial charge in [-0.15, -0.1) is 0 Å². The molecular formula is C18H20N2O3. The van der Waals surface area contributed by atoms with E-state index in [2.05, 4.69) is 10.8 Å². The maximum atomic E-state index is 12.4. The van der Waals surface area contributed by atoms with Gasteiger partial charge in [-0.1, -0.05) is 48.5 Å². The first-order valence-electron chi connectivity index (χ1n) is 7.19. The number of rotatable bonds is 7. The van der Waals surface area contributed by atoms with Crippen molar-refractivity contribution >= 4 is 11.6 Å². The van der Waals surface area contributed by atoms with Gasteiger partial charge in [0.1, 0.15) is 6.61 Å². The zero-order valence-corrected chi connectivity index (χ0v) is 13.2. The molecule has 0 aliphatic rings. The molecule has 2 N–H and O–H groups in total. The molecule has 0 saturated heterocycles. The minimum atomic E-state index is -1.26. The number of hydrogen-bond donors (Lipinski definition) is 2. The largest absolute Gasteiger partial charge is 0.361 e. The Balaban J connectivity index is 2.19. The van der Waals surface area contributed by atoms with Crippen molar-refractivity contribution in [2.75, 3.05) is 26.2 Å². The van der Waals surface area contributed by atoms with Crippen LogP contribution in [0.4, 0.5) is 5.69 Å². The van der Waals surface area contributed by atoms with Gasteiger partial charge in [-0.2, -0.15) is 0 Å². The Morgan fingerprint density at radius 1 is 1.13 bits per heavy atom. The van der Waals surface area contributed by atoms with Gasteiger partial charge >= 0.3 is 0 Å². The summed E-state index contributed by atoms with van der Waals surface area (Å²) in [5.74, 6) is -0.297. The number of carbonyl (C=O) groups excluding carboxylic acids is 1. The summed E-state index contributed by atoms with van der Waals surface area (Å²) in [5, 5.41) is 2.62. The van der Waals surface area contributed by atoms with Crippen LogP contribution in [-0.4, -0.2) is 26.7 Å². The van der Waals surface area contributed by atoms with Crippen LogP contribution in [0, 0.1) is 6.92 Å². The normalized spacial score (nSPS) is 13.2. The van der Waals surface area contributed by atoms with Gasteiger partial charge < -0.3 is 10.1 Å². The minimum Gasteiger partial charge on any atom is -0.361 e. The predicted octanol–water partition coefficient (Wildman–Crippen LogP) is 2.38. The molecule has 0 bridgehead atoms. The van der Waals surface area contributed by atoms with E-state index in [-0.39, 0.29) is 12.5 Å². The average molecular weight is 312 g/mol. The Kier molecular flexibility index (Phi) is 5.73. The molecule has 1 atom stereocenters. The lowest BCUT2D eigenvalue weighted by atomic mass is 9.93. The monoisotopic (exact) mass is 312 g/mol. The molecule has 0 aliphatic heterocycles. The van der Waals surface area contributed by atoms with Crippen LogP contribution in [0.15, 0.2) is 54.6 Å². The van der Waals surface area contributed by atoms with Crippen LogP contribution in [0.25, 0.3) is 0 Å². The fourth-order valence-corrected chi connectivity index (χ4v) is 2.26. The van der Waals surface area contributed by atoms with Crippen molar-refractivity contribution in [2.45, 2.75) is 5.60 Å². The van der Waals surface area contributed by atoms with Crippen LogP contribution < -0.4 is 10.8 Å². The Bertz CT molecular complexity index is 646. The summed E-state index contributed by atoms with van der Waals surface area (Å²) < 4.78 is 5.54. The third kappa shape index (κ3) is 3.70. The van der Waals surface area contributed by atoms with E-state index in [0.29, 0.717) is 16.8 Å². The molecule has 5 heteroatoms. The molecule has 0 spiro atoms. The van der Waals surface area contributed by atoms with E-state index in [1.165, 1.54) is 7.11 Å². The summed E-state index contributed by atoms with van der Waals surface area (Å²) in [6.07, 6.45) is 0. The van der Waals surface area contributed by atoms with E-state index < -0.39 is 5.60 Å². The zero-order valence-electron chi connectivity index (χ0n) is 13.2. The van der Waals surface area contributed by atoms with Gasteiger partial charge in [0.25, 0.3) is 5.91 Å². The number of ether oxygens (including phenoxy) is 1. The summed E-state index contributed by atoms with van der Waals surface area (Å²) in [5.41, 5.74) is 3.39. The molecule has 2 radical (unpaired) electrons. The molecule has 23 heavy (non-hydrogen) atoms. The number of amides is 1. The van der Waals surface area contributed by atoms with Crippen molar-refractivity contribution in [3.8, 4) is 0 Å². The first kappa shape index (κ1) is 17.0. The van der Waals surface area contributed by atoms with Gasteiger partial charge in [0.2, 0.25) is 0 Å². The molecule has 1 unspecified atom stereocenters. The quantitative estimate of drug-likeness (QED) is 0.771. The standard InChI is InChI=1S/C18H20N2O3/c1-14-9-7-8-12-16(14)20-23-13-18(22-3,17(21)19-2)15-10-5-4-6-11-15/h1,4-12,20H,13H2,2-3H3,(H,19,21). The van der Waals surface area contributed by atoms with Gasteiger partial charge in [0, 0.05) is 21.1 Å². The van der Waals surface area contributed by atoms with E-state index in [0.717, 1.165) is 0 Å². The highest BCUT2D eigenvalue weighted by Crippen LogP contribution is 2.26. The van der Waals surface area contributed by atoms with E-state index in [1.807, 2.05) is 42.5 Å². The van der Waals surface area contributed by atoms with Gasteiger partial charge in [-0.3, -0.25) is 15.1 Å². The highest BCUT2D eigenvalue weighted by Gasteiger charge is 2.40. The van der Waals surface area contributed by atoms with Crippen LogP contribution in [0.1, 0.15) is 11.1 Å². The minimum absolute atomic E-state index is 0.0263. The third-order valence-electron chi connectivity index (χ3n) is 3.60. The highest BCUT2D eigenvalue weighted by molar-refractivity contribution is 5.86. The highest BCUT2D eigenvalue weighted by atomic mass is 16.7. The second-order valence-electron chi connectivity index (χ2n) is 4.95. The van der Waals surface area contributed by atoms with Crippen molar-refractivity contribution in [3.63, 3.8) is 0 Å². The molecule has 2 aromatic rings. The number of hydrogen-bond acceptors (Lipinski definition) is 4. The van der Waals surface area contributed by atoms with Crippen molar-refractivity contribution in [1.29, 1.82) is 0 Å². The van der Waals surface area contributed by atoms with Crippen molar-refractivity contribution in [3.05, 3.63) is 72.6 Å². The Morgan fingerprint density at radius 3 is 2.39 bits per heavy atom. The van der Waals surface area contributed by atoms with E-state index >= 15 is 0 Å². The number of methoxy groups -OCH3 is 1. The number of carbonyl (C=O) groups is 1. The molecule has 0 aromatic heterocycles. The van der Waals surface area contributed by atoms with Gasteiger partial charge in [-0.25, -0.2) is 0 Å². The second-order valence-corrected chi connectivity index (χ2v) is 4.95.